The van der Waals surface area contributed by atoms with Crippen LogP contribution in [0.5, 0.6) is 0 Å². The van der Waals surface area contributed by atoms with Gasteiger partial charge in [0.1, 0.15) is 0 Å². The summed E-state index contributed by atoms with van der Waals surface area (Å²) in [5.74, 6) is 1.09. The molecule has 0 bridgehead atoms. The summed E-state index contributed by atoms with van der Waals surface area (Å²) in [6.45, 7) is 6.56. The number of alkyl carbamates (subject to hydrolysis) is 1. The van der Waals surface area contributed by atoms with E-state index in [1.165, 1.54) is 0 Å². The van der Waals surface area contributed by atoms with Crippen molar-refractivity contribution in [3.05, 3.63) is 0 Å². The minimum atomic E-state index is -1.07. The van der Waals surface area contributed by atoms with Gasteiger partial charge in [0.2, 0.25) is 6.86 Å². The lowest BCUT2D eigenvalue weighted by atomic mass is 9.62. The summed E-state index contributed by atoms with van der Waals surface area (Å²) in [6.07, 6.45) is 1.15. The Hall–Kier alpha value is -0.840. The summed E-state index contributed by atoms with van der Waals surface area (Å²) in [4.78, 5) is 11.3. The number of alkyl halides is 1. The standard InChI is InChI=1S/C13H25FN2O2/c1-9-5-10(16-12(17)18-8-14)6-13(2,3)11(9)7-15-4/h9-11,15H,5-8H2,1-4H3,(H,16,17). The maximum absolute atomic E-state index is 11.9. The van der Waals surface area contributed by atoms with Crippen molar-refractivity contribution in [1.29, 1.82) is 0 Å². The molecule has 0 spiro atoms. The summed E-state index contributed by atoms with van der Waals surface area (Å²) in [5, 5.41) is 5.98. The van der Waals surface area contributed by atoms with Crippen molar-refractivity contribution in [3.63, 3.8) is 0 Å². The van der Waals surface area contributed by atoms with E-state index in [0.29, 0.717) is 11.8 Å². The zero-order valence-electron chi connectivity index (χ0n) is 11.8. The van der Waals surface area contributed by atoms with Crippen LogP contribution in [0, 0.1) is 17.3 Å². The lowest BCUT2D eigenvalue weighted by Gasteiger charge is -2.46. The van der Waals surface area contributed by atoms with Gasteiger partial charge in [-0.1, -0.05) is 20.8 Å². The van der Waals surface area contributed by atoms with Crippen LogP contribution in [-0.4, -0.2) is 32.6 Å². The highest BCUT2D eigenvalue weighted by molar-refractivity contribution is 5.67. The van der Waals surface area contributed by atoms with Gasteiger partial charge in [0.05, 0.1) is 0 Å². The van der Waals surface area contributed by atoms with E-state index >= 15 is 0 Å². The summed E-state index contributed by atoms with van der Waals surface area (Å²) >= 11 is 0. The summed E-state index contributed by atoms with van der Waals surface area (Å²) < 4.78 is 16.2. The topological polar surface area (TPSA) is 50.4 Å². The summed E-state index contributed by atoms with van der Waals surface area (Å²) in [6, 6.07) is 0.0714. The number of amides is 1. The van der Waals surface area contributed by atoms with Crippen LogP contribution >= 0.6 is 0 Å². The van der Waals surface area contributed by atoms with E-state index in [-0.39, 0.29) is 11.5 Å². The molecule has 0 aromatic carbocycles. The Morgan fingerprint density at radius 3 is 2.67 bits per heavy atom. The van der Waals surface area contributed by atoms with Crippen LogP contribution in [0.4, 0.5) is 9.18 Å². The van der Waals surface area contributed by atoms with E-state index in [4.69, 9.17) is 0 Å². The van der Waals surface area contributed by atoms with Crippen LogP contribution in [0.1, 0.15) is 33.6 Å². The summed E-state index contributed by atoms with van der Waals surface area (Å²) in [7, 11) is 1.96. The van der Waals surface area contributed by atoms with Crippen LogP contribution in [0.15, 0.2) is 0 Å². The van der Waals surface area contributed by atoms with Crippen molar-refractivity contribution >= 4 is 6.09 Å². The van der Waals surface area contributed by atoms with Gasteiger partial charge < -0.3 is 15.4 Å². The van der Waals surface area contributed by atoms with Crippen LogP contribution in [-0.2, 0) is 4.74 Å². The monoisotopic (exact) mass is 260 g/mol. The maximum Gasteiger partial charge on any atom is 0.409 e. The molecule has 1 saturated carbocycles. The van der Waals surface area contributed by atoms with Gasteiger partial charge in [-0.25, -0.2) is 9.18 Å². The number of carbonyl (C=O) groups is 1. The van der Waals surface area contributed by atoms with Crippen LogP contribution in [0.25, 0.3) is 0 Å². The molecule has 4 nitrogen and oxygen atoms in total. The average molecular weight is 260 g/mol. The molecule has 0 heterocycles. The lowest BCUT2D eigenvalue weighted by Crippen LogP contribution is -2.49. The normalized spacial score (nSPS) is 30.8. The molecule has 0 aliphatic heterocycles. The van der Waals surface area contributed by atoms with Gasteiger partial charge in [-0.15, -0.1) is 0 Å². The number of rotatable bonds is 4. The molecule has 0 saturated heterocycles. The fourth-order valence-electron chi connectivity index (χ4n) is 3.32. The Labute approximate surface area is 109 Å². The van der Waals surface area contributed by atoms with Crippen LogP contribution in [0.3, 0.4) is 0 Å². The first kappa shape index (κ1) is 15.2. The second-order valence-corrected chi connectivity index (χ2v) is 5.95. The van der Waals surface area contributed by atoms with Crippen molar-refractivity contribution in [3.8, 4) is 0 Å². The average Bonchev–Trinajstić information content (AvgIpc) is 2.23. The Balaban J connectivity index is 2.60. The first-order chi connectivity index (χ1) is 8.40. The maximum atomic E-state index is 11.9. The quantitative estimate of drug-likeness (QED) is 0.815. The molecule has 2 N–H and O–H groups in total. The fraction of sp³-hybridized carbons (Fsp3) is 0.923. The Bertz CT molecular complexity index is 284. The third-order valence-electron chi connectivity index (χ3n) is 4.05. The van der Waals surface area contributed by atoms with E-state index in [2.05, 4.69) is 36.1 Å². The molecule has 3 unspecified atom stereocenters. The first-order valence-electron chi connectivity index (χ1n) is 6.54. The molecule has 18 heavy (non-hydrogen) atoms. The number of hydrogen-bond donors (Lipinski definition) is 2. The van der Waals surface area contributed by atoms with Crippen molar-refractivity contribution in [1.82, 2.24) is 10.6 Å². The molecule has 0 aromatic rings. The van der Waals surface area contributed by atoms with Gasteiger partial charge in [-0.3, -0.25) is 0 Å². The predicted molar refractivity (Wildman–Crippen MR) is 69.0 cm³/mol. The van der Waals surface area contributed by atoms with E-state index in [1.807, 2.05) is 7.05 Å². The van der Waals surface area contributed by atoms with Gasteiger partial charge >= 0.3 is 6.09 Å². The van der Waals surface area contributed by atoms with Gasteiger partial charge in [-0.05, 0) is 43.7 Å². The lowest BCUT2D eigenvalue weighted by molar-refractivity contribution is 0.0510. The zero-order valence-corrected chi connectivity index (χ0v) is 11.8. The number of halogens is 1. The third kappa shape index (κ3) is 3.83. The fourth-order valence-corrected chi connectivity index (χ4v) is 3.32. The van der Waals surface area contributed by atoms with Gasteiger partial charge in [-0.2, -0.15) is 0 Å². The van der Waals surface area contributed by atoms with Crippen molar-refractivity contribution in [2.75, 3.05) is 20.5 Å². The number of nitrogens with one attached hydrogen (secondary N) is 2. The molecule has 3 atom stereocenters. The van der Waals surface area contributed by atoms with E-state index in [1.54, 1.807) is 0 Å². The van der Waals surface area contributed by atoms with E-state index in [9.17, 15) is 9.18 Å². The second kappa shape index (κ2) is 6.36. The SMILES string of the molecule is CNCC1C(C)CC(NC(=O)OCF)CC1(C)C. The van der Waals surface area contributed by atoms with Gasteiger partial charge in [0, 0.05) is 6.04 Å². The zero-order chi connectivity index (χ0) is 13.8. The highest BCUT2D eigenvalue weighted by atomic mass is 19.1. The molecule has 1 aliphatic rings. The second-order valence-electron chi connectivity index (χ2n) is 5.95. The minimum absolute atomic E-state index is 0.0714. The molecule has 1 fully saturated rings. The van der Waals surface area contributed by atoms with Crippen LogP contribution < -0.4 is 10.6 Å². The molecular formula is C13H25FN2O2. The smallest absolute Gasteiger partial charge is 0.409 e. The molecular weight excluding hydrogens is 235 g/mol. The number of hydrogen-bond acceptors (Lipinski definition) is 3. The van der Waals surface area contributed by atoms with E-state index in [0.717, 1.165) is 19.4 Å². The summed E-state index contributed by atoms with van der Waals surface area (Å²) in [5.41, 5.74) is 0.147. The first-order valence-corrected chi connectivity index (χ1v) is 6.54. The van der Waals surface area contributed by atoms with Crippen molar-refractivity contribution < 1.29 is 13.9 Å². The predicted octanol–water partition coefficient (Wildman–Crippen LogP) is 2.30. The van der Waals surface area contributed by atoms with Gasteiger partial charge in [0.15, 0.2) is 0 Å². The molecule has 0 aromatic heterocycles. The molecule has 0 radical (unpaired) electrons. The minimum Gasteiger partial charge on any atom is -0.418 e. The van der Waals surface area contributed by atoms with E-state index < -0.39 is 13.0 Å². The number of ether oxygens (including phenoxy) is 1. The van der Waals surface area contributed by atoms with Crippen LogP contribution in [0.2, 0.25) is 0 Å². The molecule has 5 heteroatoms. The molecule has 1 aliphatic carbocycles. The number of carbonyl (C=O) groups excluding carboxylic acids is 1. The molecule has 1 rings (SSSR count). The Kier molecular flexibility index (Phi) is 5.38. The van der Waals surface area contributed by atoms with Gasteiger partial charge in [0.25, 0.3) is 0 Å². The largest absolute Gasteiger partial charge is 0.418 e. The van der Waals surface area contributed by atoms with Crippen molar-refractivity contribution in [2.45, 2.75) is 39.7 Å². The van der Waals surface area contributed by atoms with Crippen molar-refractivity contribution in [2.24, 2.45) is 17.3 Å². The Morgan fingerprint density at radius 2 is 2.17 bits per heavy atom. The molecule has 1 amide bonds. The molecule has 106 valence electrons. The highest BCUT2D eigenvalue weighted by Gasteiger charge is 2.41. The highest BCUT2D eigenvalue weighted by Crippen LogP contribution is 2.43. The third-order valence-corrected chi connectivity index (χ3v) is 4.05. The Morgan fingerprint density at radius 1 is 1.50 bits per heavy atom.